The Bertz CT molecular complexity index is 1510. The molecule has 0 saturated heterocycles. The molecule has 1 aliphatic rings. The van der Waals surface area contributed by atoms with E-state index in [2.05, 4.69) is 5.32 Å². The summed E-state index contributed by atoms with van der Waals surface area (Å²) >= 11 is 18.9. The predicted molar refractivity (Wildman–Crippen MR) is 164 cm³/mol. The number of halogens is 3. The molecule has 1 atom stereocenters. The maximum Gasteiger partial charge on any atom is 0.264 e. The molecule has 7 nitrogen and oxygen atoms in total. The highest BCUT2D eigenvalue weighted by Crippen LogP contribution is 2.35. The van der Waals surface area contributed by atoms with Crippen molar-refractivity contribution in [1.82, 2.24) is 10.2 Å². The minimum absolute atomic E-state index is 0.00827. The van der Waals surface area contributed by atoms with Gasteiger partial charge in [-0.25, -0.2) is 8.42 Å². The van der Waals surface area contributed by atoms with Gasteiger partial charge in [-0.15, -0.1) is 0 Å². The van der Waals surface area contributed by atoms with Crippen molar-refractivity contribution < 1.29 is 18.0 Å². The molecule has 1 saturated carbocycles. The smallest absolute Gasteiger partial charge is 0.264 e. The maximum absolute atomic E-state index is 14.1. The third-order valence-electron chi connectivity index (χ3n) is 7.20. The number of aryl methyl sites for hydroxylation is 1. The summed E-state index contributed by atoms with van der Waals surface area (Å²) in [5, 5.41) is 3.66. The maximum atomic E-state index is 14.1. The zero-order valence-electron chi connectivity index (χ0n) is 22.8. The first-order valence-electron chi connectivity index (χ1n) is 13.3. The summed E-state index contributed by atoms with van der Waals surface area (Å²) < 4.78 is 28.9. The lowest BCUT2D eigenvalue weighted by Gasteiger charge is -2.32. The van der Waals surface area contributed by atoms with Crippen molar-refractivity contribution in [3.8, 4) is 0 Å². The molecule has 1 unspecified atom stereocenters. The van der Waals surface area contributed by atoms with E-state index in [9.17, 15) is 18.0 Å². The Morgan fingerprint density at radius 3 is 2.29 bits per heavy atom. The molecule has 1 aliphatic carbocycles. The van der Waals surface area contributed by atoms with E-state index >= 15 is 0 Å². The summed E-state index contributed by atoms with van der Waals surface area (Å²) in [6.45, 7) is 2.91. The van der Waals surface area contributed by atoms with Crippen LogP contribution in [0.2, 0.25) is 15.1 Å². The third kappa shape index (κ3) is 7.55. The first-order valence-corrected chi connectivity index (χ1v) is 15.9. The SMILES string of the molecule is Cc1ccc(S(=O)(=O)N(CC(=O)N(Cc2cccc(Cl)c2)C(C)C(=O)NC2CCCC2)c2cccc(Cl)c2Cl)cc1. The number of nitrogens with zero attached hydrogens (tertiary/aromatic N) is 2. The van der Waals surface area contributed by atoms with Crippen LogP contribution in [0.15, 0.2) is 71.6 Å². The van der Waals surface area contributed by atoms with Gasteiger partial charge in [-0.2, -0.15) is 0 Å². The molecule has 1 N–H and O–H groups in total. The minimum atomic E-state index is -4.26. The Morgan fingerprint density at radius 2 is 1.63 bits per heavy atom. The normalized spacial score (nSPS) is 14.5. The number of hydrogen-bond donors (Lipinski definition) is 1. The molecule has 0 radical (unpaired) electrons. The van der Waals surface area contributed by atoms with Gasteiger partial charge in [-0.3, -0.25) is 13.9 Å². The molecule has 0 spiro atoms. The first-order chi connectivity index (χ1) is 19.5. The largest absolute Gasteiger partial charge is 0.352 e. The van der Waals surface area contributed by atoms with Crippen LogP contribution in [-0.2, 0) is 26.2 Å². The van der Waals surface area contributed by atoms with Gasteiger partial charge in [0.05, 0.1) is 20.6 Å². The molecule has 0 heterocycles. The number of hydrogen-bond acceptors (Lipinski definition) is 4. The quantitative estimate of drug-likeness (QED) is 0.271. The molecular weight excluding hydrogens is 605 g/mol. The zero-order valence-corrected chi connectivity index (χ0v) is 25.9. The van der Waals surface area contributed by atoms with Crippen molar-refractivity contribution in [3.05, 3.63) is 92.9 Å². The van der Waals surface area contributed by atoms with Gasteiger partial charge >= 0.3 is 0 Å². The molecule has 218 valence electrons. The summed E-state index contributed by atoms with van der Waals surface area (Å²) in [5.41, 5.74) is 1.63. The molecule has 11 heteroatoms. The standard InChI is InChI=1S/C30H32Cl3N3O4S/c1-20-13-15-25(16-14-20)41(39,40)36(27-12-6-11-26(32)29(27)33)19-28(37)35(18-22-7-5-8-23(31)17-22)21(2)30(38)34-24-9-3-4-10-24/h5-8,11-17,21,24H,3-4,9-10,18-19H2,1-2H3,(H,34,38). The number of amides is 2. The van der Waals surface area contributed by atoms with E-state index in [1.165, 1.54) is 29.2 Å². The van der Waals surface area contributed by atoms with Gasteiger partial charge in [0, 0.05) is 17.6 Å². The van der Waals surface area contributed by atoms with Crippen LogP contribution in [0.1, 0.15) is 43.7 Å². The van der Waals surface area contributed by atoms with Crippen LogP contribution >= 0.6 is 34.8 Å². The van der Waals surface area contributed by atoms with Gasteiger partial charge in [0.2, 0.25) is 11.8 Å². The predicted octanol–water partition coefficient (Wildman–Crippen LogP) is 6.63. The van der Waals surface area contributed by atoms with E-state index in [0.29, 0.717) is 10.6 Å². The topological polar surface area (TPSA) is 86.8 Å². The van der Waals surface area contributed by atoms with Crippen LogP contribution < -0.4 is 9.62 Å². The van der Waals surface area contributed by atoms with Crippen LogP contribution in [0.4, 0.5) is 5.69 Å². The molecule has 0 aromatic heterocycles. The molecule has 0 aliphatic heterocycles. The monoisotopic (exact) mass is 635 g/mol. The molecule has 4 rings (SSSR count). The highest BCUT2D eigenvalue weighted by molar-refractivity contribution is 7.92. The van der Waals surface area contributed by atoms with Crippen LogP contribution in [0.25, 0.3) is 0 Å². The molecule has 3 aromatic rings. The number of benzene rings is 3. The van der Waals surface area contributed by atoms with Crippen LogP contribution in [-0.4, -0.2) is 43.8 Å². The van der Waals surface area contributed by atoms with Gasteiger partial charge in [0.25, 0.3) is 10.0 Å². The lowest BCUT2D eigenvalue weighted by atomic mass is 10.1. The fraction of sp³-hybridized carbons (Fsp3) is 0.333. The van der Waals surface area contributed by atoms with Crippen molar-refractivity contribution in [2.75, 3.05) is 10.8 Å². The van der Waals surface area contributed by atoms with E-state index in [4.69, 9.17) is 34.8 Å². The van der Waals surface area contributed by atoms with Crippen molar-refractivity contribution in [3.63, 3.8) is 0 Å². The Labute approximate surface area is 256 Å². The van der Waals surface area contributed by atoms with E-state index in [-0.39, 0.29) is 39.1 Å². The van der Waals surface area contributed by atoms with Crippen LogP contribution in [0.3, 0.4) is 0 Å². The number of rotatable bonds is 10. The highest BCUT2D eigenvalue weighted by Gasteiger charge is 2.34. The number of carbonyl (C=O) groups excluding carboxylic acids is 2. The van der Waals surface area contributed by atoms with Gasteiger partial charge < -0.3 is 10.2 Å². The van der Waals surface area contributed by atoms with Gasteiger partial charge in [-0.05, 0) is 68.7 Å². The molecule has 1 fully saturated rings. The van der Waals surface area contributed by atoms with Crippen molar-refractivity contribution in [2.45, 2.75) is 63.1 Å². The Balaban J connectivity index is 1.72. The van der Waals surface area contributed by atoms with Gasteiger partial charge in [0.1, 0.15) is 12.6 Å². The van der Waals surface area contributed by atoms with Gasteiger partial charge in [0.15, 0.2) is 0 Å². The number of sulfonamides is 1. The highest BCUT2D eigenvalue weighted by atomic mass is 35.5. The summed E-state index contributed by atoms with van der Waals surface area (Å²) in [6, 6.07) is 17.0. The second-order valence-electron chi connectivity index (χ2n) is 10.2. The lowest BCUT2D eigenvalue weighted by Crippen LogP contribution is -2.52. The number of anilines is 1. The molecular formula is C30H32Cl3N3O4S. The van der Waals surface area contributed by atoms with Crippen LogP contribution in [0.5, 0.6) is 0 Å². The van der Waals surface area contributed by atoms with Crippen molar-refractivity contribution >= 4 is 62.3 Å². The molecule has 41 heavy (non-hydrogen) atoms. The van der Waals surface area contributed by atoms with E-state index in [1.807, 2.05) is 6.92 Å². The summed E-state index contributed by atoms with van der Waals surface area (Å²) in [6.07, 6.45) is 3.85. The second-order valence-corrected chi connectivity index (χ2v) is 13.3. The lowest BCUT2D eigenvalue weighted by molar-refractivity contribution is -0.139. The summed E-state index contributed by atoms with van der Waals surface area (Å²) in [4.78, 5) is 28.7. The average Bonchev–Trinajstić information content (AvgIpc) is 3.45. The van der Waals surface area contributed by atoms with E-state index < -0.39 is 28.5 Å². The number of carbonyl (C=O) groups is 2. The number of nitrogens with one attached hydrogen (secondary N) is 1. The first kappa shape index (κ1) is 31.2. The molecule has 3 aromatic carbocycles. The van der Waals surface area contributed by atoms with Crippen LogP contribution in [0, 0.1) is 6.92 Å². The molecule has 0 bridgehead atoms. The summed E-state index contributed by atoms with van der Waals surface area (Å²) in [5.74, 6) is -0.896. The van der Waals surface area contributed by atoms with E-state index in [1.54, 1.807) is 49.4 Å². The van der Waals surface area contributed by atoms with E-state index in [0.717, 1.165) is 35.6 Å². The Kier molecular flexibility index (Phi) is 10.2. The zero-order chi connectivity index (χ0) is 29.7. The Morgan fingerprint density at radius 1 is 0.976 bits per heavy atom. The third-order valence-corrected chi connectivity index (χ3v) is 10.0. The van der Waals surface area contributed by atoms with Crippen molar-refractivity contribution in [2.24, 2.45) is 0 Å². The average molecular weight is 637 g/mol. The van der Waals surface area contributed by atoms with Gasteiger partial charge in [-0.1, -0.05) is 83.5 Å². The minimum Gasteiger partial charge on any atom is -0.352 e. The fourth-order valence-corrected chi connectivity index (χ4v) is 6.93. The molecule has 2 amide bonds. The fourth-order valence-electron chi connectivity index (χ4n) is 4.84. The summed E-state index contributed by atoms with van der Waals surface area (Å²) in [7, 11) is -4.26. The Hall–Kier alpha value is -2.78. The van der Waals surface area contributed by atoms with Crippen molar-refractivity contribution in [1.29, 1.82) is 0 Å². The second kappa shape index (κ2) is 13.5.